The van der Waals surface area contributed by atoms with Gasteiger partial charge in [0.05, 0.1) is 0 Å². The Morgan fingerprint density at radius 1 is 1.67 bits per heavy atom. The average Bonchev–Trinajstić information content (AvgIpc) is 2.64. The van der Waals surface area contributed by atoms with Crippen LogP contribution in [0.25, 0.3) is 0 Å². The van der Waals surface area contributed by atoms with E-state index in [4.69, 9.17) is 4.52 Å². The van der Waals surface area contributed by atoms with Crippen LogP contribution in [0.4, 0.5) is 0 Å². The lowest BCUT2D eigenvalue weighted by Gasteiger charge is -2.14. The minimum atomic E-state index is -0.0945. The SMILES string of the molecule is CNCCCN(C)C(=O)c1cc(C)on1. The normalized spacial score (nSPS) is 10.3. The fourth-order valence-electron chi connectivity index (χ4n) is 1.26. The third kappa shape index (κ3) is 3.36. The first kappa shape index (κ1) is 11.7. The van der Waals surface area contributed by atoms with Crippen molar-refractivity contribution in [2.75, 3.05) is 27.2 Å². The van der Waals surface area contributed by atoms with Crippen LogP contribution in [0.3, 0.4) is 0 Å². The van der Waals surface area contributed by atoms with Crippen LogP contribution >= 0.6 is 0 Å². The van der Waals surface area contributed by atoms with E-state index in [-0.39, 0.29) is 5.91 Å². The molecule has 1 heterocycles. The third-order valence-electron chi connectivity index (χ3n) is 2.11. The third-order valence-corrected chi connectivity index (χ3v) is 2.11. The van der Waals surface area contributed by atoms with Crippen LogP contribution < -0.4 is 5.32 Å². The van der Waals surface area contributed by atoms with Gasteiger partial charge in [0.15, 0.2) is 5.69 Å². The van der Waals surface area contributed by atoms with Gasteiger partial charge in [0.25, 0.3) is 5.91 Å². The van der Waals surface area contributed by atoms with E-state index in [1.165, 1.54) is 0 Å². The van der Waals surface area contributed by atoms with Crippen molar-refractivity contribution in [1.82, 2.24) is 15.4 Å². The van der Waals surface area contributed by atoms with E-state index in [2.05, 4.69) is 10.5 Å². The van der Waals surface area contributed by atoms with Crippen molar-refractivity contribution in [2.24, 2.45) is 0 Å². The topological polar surface area (TPSA) is 58.4 Å². The monoisotopic (exact) mass is 211 g/mol. The van der Waals surface area contributed by atoms with Gasteiger partial charge in [-0.05, 0) is 26.9 Å². The molecule has 0 aliphatic heterocycles. The van der Waals surface area contributed by atoms with Gasteiger partial charge < -0.3 is 14.7 Å². The average molecular weight is 211 g/mol. The van der Waals surface area contributed by atoms with E-state index >= 15 is 0 Å². The summed E-state index contributed by atoms with van der Waals surface area (Å²) in [4.78, 5) is 13.4. The molecule has 84 valence electrons. The second kappa shape index (κ2) is 5.50. The predicted molar refractivity (Wildman–Crippen MR) is 56.7 cm³/mol. The van der Waals surface area contributed by atoms with Gasteiger partial charge in [0, 0.05) is 19.7 Å². The Morgan fingerprint density at radius 2 is 2.40 bits per heavy atom. The van der Waals surface area contributed by atoms with Crippen LogP contribution in [0.5, 0.6) is 0 Å². The summed E-state index contributed by atoms with van der Waals surface area (Å²) >= 11 is 0. The lowest BCUT2D eigenvalue weighted by molar-refractivity contribution is 0.0783. The number of carbonyl (C=O) groups excluding carboxylic acids is 1. The number of aromatic nitrogens is 1. The van der Waals surface area contributed by atoms with Gasteiger partial charge in [-0.3, -0.25) is 4.79 Å². The first-order chi connectivity index (χ1) is 7.15. The molecule has 0 aliphatic carbocycles. The van der Waals surface area contributed by atoms with Crippen LogP contribution in [0, 0.1) is 6.92 Å². The van der Waals surface area contributed by atoms with Crippen LogP contribution in [0.15, 0.2) is 10.6 Å². The molecule has 0 saturated carbocycles. The van der Waals surface area contributed by atoms with Crippen molar-refractivity contribution in [3.8, 4) is 0 Å². The van der Waals surface area contributed by atoms with Gasteiger partial charge in [-0.15, -0.1) is 0 Å². The van der Waals surface area contributed by atoms with Crippen molar-refractivity contribution in [2.45, 2.75) is 13.3 Å². The smallest absolute Gasteiger partial charge is 0.275 e. The molecule has 0 spiro atoms. The van der Waals surface area contributed by atoms with Crippen molar-refractivity contribution in [1.29, 1.82) is 0 Å². The van der Waals surface area contributed by atoms with E-state index in [0.29, 0.717) is 18.0 Å². The summed E-state index contributed by atoms with van der Waals surface area (Å²) in [6.07, 6.45) is 0.926. The van der Waals surface area contributed by atoms with E-state index in [0.717, 1.165) is 13.0 Å². The highest BCUT2D eigenvalue weighted by Crippen LogP contribution is 2.04. The van der Waals surface area contributed by atoms with Crippen LogP contribution in [-0.4, -0.2) is 43.1 Å². The van der Waals surface area contributed by atoms with Gasteiger partial charge >= 0.3 is 0 Å². The predicted octanol–water partition coefficient (Wildman–Crippen LogP) is 0.665. The van der Waals surface area contributed by atoms with Crippen molar-refractivity contribution >= 4 is 5.91 Å². The van der Waals surface area contributed by atoms with E-state index < -0.39 is 0 Å². The Bertz CT molecular complexity index is 322. The Labute approximate surface area is 89.4 Å². The fraction of sp³-hybridized carbons (Fsp3) is 0.600. The summed E-state index contributed by atoms with van der Waals surface area (Å²) in [5, 5.41) is 6.72. The molecule has 1 amide bonds. The molecule has 5 heteroatoms. The quantitative estimate of drug-likeness (QED) is 0.727. The van der Waals surface area contributed by atoms with Crippen LogP contribution in [0.1, 0.15) is 22.7 Å². The molecule has 1 aromatic heterocycles. The van der Waals surface area contributed by atoms with E-state index in [1.807, 2.05) is 7.05 Å². The zero-order valence-corrected chi connectivity index (χ0v) is 9.41. The second-order valence-corrected chi connectivity index (χ2v) is 3.51. The number of rotatable bonds is 5. The lowest BCUT2D eigenvalue weighted by atomic mass is 10.3. The Hall–Kier alpha value is -1.36. The summed E-state index contributed by atoms with van der Waals surface area (Å²) in [6, 6.07) is 1.65. The molecule has 0 fully saturated rings. The minimum absolute atomic E-state index is 0.0945. The lowest BCUT2D eigenvalue weighted by Crippen LogP contribution is -2.29. The summed E-state index contributed by atoms with van der Waals surface area (Å²) in [6.45, 7) is 3.38. The minimum Gasteiger partial charge on any atom is -0.361 e. The highest BCUT2D eigenvalue weighted by molar-refractivity contribution is 5.92. The molecule has 15 heavy (non-hydrogen) atoms. The highest BCUT2D eigenvalue weighted by atomic mass is 16.5. The molecule has 1 aromatic rings. The largest absolute Gasteiger partial charge is 0.361 e. The number of hydrogen-bond acceptors (Lipinski definition) is 4. The van der Waals surface area contributed by atoms with Crippen molar-refractivity contribution in [3.05, 3.63) is 17.5 Å². The first-order valence-electron chi connectivity index (χ1n) is 4.98. The Balaban J connectivity index is 2.46. The maximum atomic E-state index is 11.7. The molecule has 0 aliphatic rings. The molecular weight excluding hydrogens is 194 g/mol. The van der Waals surface area contributed by atoms with Gasteiger partial charge in [0.1, 0.15) is 5.76 Å². The summed E-state index contributed by atoms with van der Waals surface area (Å²) in [5.74, 6) is 0.560. The van der Waals surface area contributed by atoms with Gasteiger partial charge in [-0.1, -0.05) is 5.16 Å². The van der Waals surface area contributed by atoms with Gasteiger partial charge in [0.2, 0.25) is 0 Å². The van der Waals surface area contributed by atoms with Crippen molar-refractivity contribution < 1.29 is 9.32 Å². The number of nitrogens with zero attached hydrogens (tertiary/aromatic N) is 2. The number of hydrogen-bond donors (Lipinski definition) is 1. The van der Waals surface area contributed by atoms with Crippen molar-refractivity contribution in [3.63, 3.8) is 0 Å². The molecule has 0 bridgehead atoms. The maximum Gasteiger partial charge on any atom is 0.275 e. The number of nitrogens with one attached hydrogen (secondary N) is 1. The van der Waals surface area contributed by atoms with E-state index in [9.17, 15) is 4.79 Å². The number of aryl methyl sites for hydroxylation is 1. The molecule has 0 saturated heterocycles. The second-order valence-electron chi connectivity index (χ2n) is 3.51. The molecular formula is C10H17N3O2. The zero-order valence-electron chi connectivity index (χ0n) is 9.41. The number of carbonyl (C=O) groups is 1. The zero-order chi connectivity index (χ0) is 11.3. The van der Waals surface area contributed by atoms with Crippen LogP contribution in [0.2, 0.25) is 0 Å². The highest BCUT2D eigenvalue weighted by Gasteiger charge is 2.14. The molecule has 0 radical (unpaired) electrons. The Morgan fingerprint density at radius 3 is 2.93 bits per heavy atom. The van der Waals surface area contributed by atoms with Gasteiger partial charge in [-0.2, -0.15) is 0 Å². The molecule has 0 atom stereocenters. The maximum absolute atomic E-state index is 11.7. The molecule has 5 nitrogen and oxygen atoms in total. The summed E-state index contributed by atoms with van der Waals surface area (Å²) in [7, 11) is 3.66. The molecule has 1 rings (SSSR count). The molecule has 0 unspecified atom stereocenters. The van der Waals surface area contributed by atoms with Crippen LogP contribution in [-0.2, 0) is 0 Å². The number of amides is 1. The first-order valence-corrected chi connectivity index (χ1v) is 4.98. The summed E-state index contributed by atoms with van der Waals surface area (Å²) < 4.78 is 4.85. The molecule has 1 N–H and O–H groups in total. The molecule has 0 aromatic carbocycles. The summed E-state index contributed by atoms with van der Waals surface area (Å²) in [5.41, 5.74) is 0.374. The fourth-order valence-corrected chi connectivity index (χ4v) is 1.26. The Kier molecular flexibility index (Phi) is 4.30. The van der Waals surface area contributed by atoms with Gasteiger partial charge in [-0.25, -0.2) is 0 Å². The van der Waals surface area contributed by atoms with E-state index in [1.54, 1.807) is 24.9 Å². The standard InChI is InChI=1S/C10H17N3O2/c1-8-7-9(12-15-8)10(14)13(3)6-4-5-11-2/h7,11H,4-6H2,1-3H3.